The van der Waals surface area contributed by atoms with Crippen LogP contribution in [0.4, 0.5) is 0 Å². The smallest absolute Gasteiger partial charge is 0.191 e. The molecule has 0 aromatic heterocycles. The van der Waals surface area contributed by atoms with Crippen molar-refractivity contribution in [2.75, 3.05) is 27.3 Å². The minimum Gasteiger partial charge on any atom is -0.497 e. The average Bonchev–Trinajstić information content (AvgIpc) is 2.62. The molecule has 2 N–H and O–H groups in total. The maximum absolute atomic E-state index is 5.66. The first-order chi connectivity index (χ1) is 11.3. The molecule has 0 amide bonds. The lowest BCUT2D eigenvalue weighted by Crippen LogP contribution is -2.38. The van der Waals surface area contributed by atoms with Crippen LogP contribution in [0.15, 0.2) is 59.6 Å². The molecule has 0 aliphatic rings. The van der Waals surface area contributed by atoms with Gasteiger partial charge in [0.1, 0.15) is 18.1 Å². The standard InChI is InChI=1S/C18H23N3O2.HI/c1-19-18(21-14-15-6-4-3-5-7-15)20-12-13-23-17-10-8-16(22-2)9-11-17;/h3-11H,12-14H2,1-2H3,(H2,19,20,21);1H. The lowest BCUT2D eigenvalue weighted by molar-refractivity contribution is 0.321. The number of hydrogen-bond donors (Lipinski definition) is 2. The number of halogens is 1. The zero-order valence-corrected chi connectivity index (χ0v) is 16.3. The minimum absolute atomic E-state index is 0. The Labute approximate surface area is 160 Å². The fraction of sp³-hybridized carbons (Fsp3) is 0.278. The normalized spacial score (nSPS) is 10.5. The summed E-state index contributed by atoms with van der Waals surface area (Å²) in [6.45, 7) is 1.96. The second-order valence-corrected chi connectivity index (χ2v) is 4.86. The number of nitrogens with one attached hydrogen (secondary N) is 2. The van der Waals surface area contributed by atoms with Gasteiger partial charge < -0.3 is 20.1 Å². The van der Waals surface area contributed by atoms with Crippen molar-refractivity contribution in [3.8, 4) is 11.5 Å². The van der Waals surface area contributed by atoms with Crippen molar-refractivity contribution in [1.82, 2.24) is 10.6 Å². The van der Waals surface area contributed by atoms with E-state index in [0.717, 1.165) is 24.0 Å². The van der Waals surface area contributed by atoms with Gasteiger partial charge >= 0.3 is 0 Å². The van der Waals surface area contributed by atoms with Gasteiger partial charge in [0, 0.05) is 13.6 Å². The van der Waals surface area contributed by atoms with Crippen molar-refractivity contribution in [2.24, 2.45) is 4.99 Å². The number of guanidine groups is 1. The molecule has 2 rings (SSSR count). The number of hydrogen-bond acceptors (Lipinski definition) is 3. The molecule has 0 fully saturated rings. The van der Waals surface area contributed by atoms with Crippen molar-refractivity contribution >= 4 is 29.9 Å². The van der Waals surface area contributed by atoms with Gasteiger partial charge in [0.05, 0.1) is 13.7 Å². The second kappa shape index (κ2) is 11.6. The van der Waals surface area contributed by atoms with Crippen molar-refractivity contribution in [1.29, 1.82) is 0 Å². The molecule has 2 aromatic rings. The van der Waals surface area contributed by atoms with Crippen LogP contribution in [-0.2, 0) is 6.54 Å². The summed E-state index contributed by atoms with van der Waals surface area (Å²) < 4.78 is 10.8. The molecule has 0 aliphatic carbocycles. The van der Waals surface area contributed by atoms with Crippen LogP contribution in [0.1, 0.15) is 5.56 Å². The fourth-order valence-corrected chi connectivity index (χ4v) is 2.01. The summed E-state index contributed by atoms with van der Waals surface area (Å²) in [4.78, 5) is 4.19. The van der Waals surface area contributed by atoms with Crippen LogP contribution in [0.3, 0.4) is 0 Å². The van der Waals surface area contributed by atoms with Crippen LogP contribution >= 0.6 is 24.0 Å². The van der Waals surface area contributed by atoms with E-state index < -0.39 is 0 Å². The van der Waals surface area contributed by atoms with Gasteiger partial charge in [0.25, 0.3) is 0 Å². The van der Waals surface area contributed by atoms with E-state index in [0.29, 0.717) is 13.2 Å². The second-order valence-electron chi connectivity index (χ2n) is 4.86. The first-order valence-electron chi connectivity index (χ1n) is 7.57. The molecular weight excluding hydrogens is 417 g/mol. The topological polar surface area (TPSA) is 54.9 Å². The Kier molecular flexibility index (Phi) is 9.67. The highest BCUT2D eigenvalue weighted by Crippen LogP contribution is 2.16. The van der Waals surface area contributed by atoms with E-state index in [1.807, 2.05) is 42.5 Å². The summed E-state index contributed by atoms with van der Waals surface area (Å²) in [7, 11) is 3.40. The largest absolute Gasteiger partial charge is 0.497 e. The van der Waals surface area contributed by atoms with E-state index in [-0.39, 0.29) is 24.0 Å². The third-order valence-corrected chi connectivity index (χ3v) is 3.25. The number of ether oxygens (including phenoxy) is 2. The SMILES string of the molecule is CN=C(NCCOc1ccc(OC)cc1)NCc1ccccc1.I. The predicted octanol–water partition coefficient (Wildman–Crippen LogP) is 3.06. The number of methoxy groups -OCH3 is 1. The van der Waals surface area contributed by atoms with E-state index in [1.165, 1.54) is 5.56 Å². The summed E-state index contributed by atoms with van der Waals surface area (Å²) in [6, 6.07) is 17.7. The van der Waals surface area contributed by atoms with Crippen LogP contribution in [0.2, 0.25) is 0 Å². The molecule has 0 heterocycles. The van der Waals surface area contributed by atoms with Crippen LogP contribution in [0, 0.1) is 0 Å². The summed E-state index contributed by atoms with van der Waals surface area (Å²) in [5, 5.41) is 6.49. The molecule has 0 atom stereocenters. The van der Waals surface area contributed by atoms with Crippen molar-refractivity contribution in [3.05, 3.63) is 60.2 Å². The molecule has 0 saturated heterocycles. The number of rotatable bonds is 7. The Bertz CT molecular complexity index is 603. The molecule has 0 aliphatic heterocycles. The number of nitrogens with zero attached hydrogens (tertiary/aromatic N) is 1. The summed E-state index contributed by atoms with van der Waals surface area (Å²) >= 11 is 0. The molecular formula is C18H24IN3O2. The van der Waals surface area contributed by atoms with Gasteiger partial charge in [-0.15, -0.1) is 24.0 Å². The summed E-state index contributed by atoms with van der Waals surface area (Å²) in [5.41, 5.74) is 1.21. The van der Waals surface area contributed by atoms with Crippen LogP contribution < -0.4 is 20.1 Å². The first kappa shape index (κ1) is 20.1. The van der Waals surface area contributed by atoms with Gasteiger partial charge in [0.2, 0.25) is 0 Å². The molecule has 0 saturated carbocycles. The molecule has 24 heavy (non-hydrogen) atoms. The van der Waals surface area contributed by atoms with Gasteiger partial charge in [-0.2, -0.15) is 0 Å². The third kappa shape index (κ3) is 7.08. The maximum Gasteiger partial charge on any atom is 0.191 e. The van der Waals surface area contributed by atoms with Gasteiger partial charge in [-0.3, -0.25) is 4.99 Å². The van der Waals surface area contributed by atoms with E-state index in [9.17, 15) is 0 Å². The lowest BCUT2D eigenvalue weighted by atomic mass is 10.2. The molecule has 6 heteroatoms. The molecule has 0 spiro atoms. The van der Waals surface area contributed by atoms with Gasteiger partial charge in [-0.05, 0) is 29.8 Å². The Balaban J connectivity index is 0.00000288. The number of benzene rings is 2. The molecule has 0 unspecified atom stereocenters. The Hall–Kier alpha value is -1.96. The van der Waals surface area contributed by atoms with Crippen LogP contribution in [-0.4, -0.2) is 33.3 Å². The zero-order valence-electron chi connectivity index (χ0n) is 14.0. The molecule has 2 aromatic carbocycles. The predicted molar refractivity (Wildman–Crippen MR) is 109 cm³/mol. The molecule has 130 valence electrons. The van der Waals surface area contributed by atoms with Crippen molar-refractivity contribution in [2.45, 2.75) is 6.54 Å². The van der Waals surface area contributed by atoms with Gasteiger partial charge in [0.15, 0.2) is 5.96 Å². The fourth-order valence-electron chi connectivity index (χ4n) is 2.01. The van der Waals surface area contributed by atoms with E-state index in [4.69, 9.17) is 9.47 Å². The maximum atomic E-state index is 5.66. The third-order valence-electron chi connectivity index (χ3n) is 3.25. The average molecular weight is 441 g/mol. The Morgan fingerprint density at radius 3 is 2.25 bits per heavy atom. The van der Waals surface area contributed by atoms with Crippen molar-refractivity contribution in [3.63, 3.8) is 0 Å². The highest BCUT2D eigenvalue weighted by atomic mass is 127. The lowest BCUT2D eigenvalue weighted by Gasteiger charge is -2.12. The summed E-state index contributed by atoms with van der Waals surface area (Å²) in [6.07, 6.45) is 0. The van der Waals surface area contributed by atoms with Crippen LogP contribution in [0.5, 0.6) is 11.5 Å². The zero-order chi connectivity index (χ0) is 16.3. The quantitative estimate of drug-likeness (QED) is 0.300. The minimum atomic E-state index is 0. The highest BCUT2D eigenvalue weighted by molar-refractivity contribution is 14.0. The Morgan fingerprint density at radius 1 is 0.958 bits per heavy atom. The van der Waals surface area contributed by atoms with E-state index in [2.05, 4.69) is 27.8 Å². The van der Waals surface area contributed by atoms with Crippen molar-refractivity contribution < 1.29 is 9.47 Å². The van der Waals surface area contributed by atoms with E-state index in [1.54, 1.807) is 14.2 Å². The highest BCUT2D eigenvalue weighted by Gasteiger charge is 1.99. The van der Waals surface area contributed by atoms with Crippen LogP contribution in [0.25, 0.3) is 0 Å². The monoisotopic (exact) mass is 441 g/mol. The summed E-state index contributed by atoms with van der Waals surface area (Å²) in [5.74, 6) is 2.40. The number of aliphatic imine (C=N–C) groups is 1. The molecule has 0 bridgehead atoms. The Morgan fingerprint density at radius 2 is 1.62 bits per heavy atom. The van der Waals surface area contributed by atoms with E-state index >= 15 is 0 Å². The first-order valence-corrected chi connectivity index (χ1v) is 7.57. The van der Waals surface area contributed by atoms with Gasteiger partial charge in [-0.25, -0.2) is 0 Å². The molecule has 5 nitrogen and oxygen atoms in total. The van der Waals surface area contributed by atoms with Gasteiger partial charge in [-0.1, -0.05) is 30.3 Å². The molecule has 0 radical (unpaired) electrons.